The monoisotopic (exact) mass is 271 g/mol. The summed E-state index contributed by atoms with van der Waals surface area (Å²) in [7, 11) is 3.16. The van der Waals surface area contributed by atoms with E-state index in [4.69, 9.17) is 0 Å². The molecule has 0 aliphatic heterocycles. The summed E-state index contributed by atoms with van der Waals surface area (Å²) in [6.07, 6.45) is 0. The van der Waals surface area contributed by atoms with Crippen LogP contribution in [0.5, 0.6) is 0 Å². The molecule has 0 saturated carbocycles. The molecule has 2 N–H and O–H groups in total. The van der Waals surface area contributed by atoms with Crippen LogP contribution in [0, 0.1) is 11.6 Å². The second-order valence-electron chi connectivity index (χ2n) is 3.98. The fraction of sp³-hybridized carbons (Fsp3) is 0.333. The summed E-state index contributed by atoms with van der Waals surface area (Å²) < 4.78 is 26.2. The highest BCUT2D eigenvalue weighted by molar-refractivity contribution is 5.94. The Balaban J connectivity index is 2.44. The molecule has 7 heteroatoms. The molecule has 5 nitrogen and oxygen atoms in total. The van der Waals surface area contributed by atoms with Crippen LogP contribution in [0.2, 0.25) is 0 Å². The molecule has 0 spiro atoms. The molecule has 0 unspecified atom stereocenters. The van der Waals surface area contributed by atoms with Crippen molar-refractivity contribution in [1.82, 2.24) is 15.5 Å². The van der Waals surface area contributed by atoms with Gasteiger partial charge in [0.15, 0.2) is 11.6 Å². The van der Waals surface area contributed by atoms with E-state index in [0.29, 0.717) is 0 Å². The van der Waals surface area contributed by atoms with Crippen molar-refractivity contribution in [2.45, 2.75) is 0 Å². The van der Waals surface area contributed by atoms with E-state index in [0.717, 1.165) is 6.07 Å². The molecule has 104 valence electrons. The zero-order valence-corrected chi connectivity index (χ0v) is 10.7. The number of carbonyl (C=O) groups is 2. The lowest BCUT2D eigenvalue weighted by Crippen LogP contribution is -2.39. The fourth-order valence-electron chi connectivity index (χ4n) is 1.28. The van der Waals surface area contributed by atoms with Gasteiger partial charge in [-0.05, 0) is 12.1 Å². The van der Waals surface area contributed by atoms with Gasteiger partial charge in [-0.1, -0.05) is 6.07 Å². The molecule has 3 amide bonds. The molecule has 0 aliphatic rings. The highest BCUT2D eigenvalue weighted by atomic mass is 19.2. The first-order valence-electron chi connectivity index (χ1n) is 5.61. The van der Waals surface area contributed by atoms with Crippen LogP contribution in [0.15, 0.2) is 18.2 Å². The third-order valence-corrected chi connectivity index (χ3v) is 2.29. The number of amides is 3. The maximum Gasteiger partial charge on any atom is 0.316 e. The van der Waals surface area contributed by atoms with Crippen LogP contribution >= 0.6 is 0 Å². The van der Waals surface area contributed by atoms with Crippen LogP contribution in [0.1, 0.15) is 10.4 Å². The summed E-state index contributed by atoms with van der Waals surface area (Å²) >= 11 is 0. The number of hydrogen-bond acceptors (Lipinski definition) is 2. The predicted octanol–water partition coefficient (Wildman–Crippen LogP) is 0.966. The van der Waals surface area contributed by atoms with Crippen molar-refractivity contribution < 1.29 is 18.4 Å². The fourth-order valence-corrected chi connectivity index (χ4v) is 1.28. The van der Waals surface area contributed by atoms with Gasteiger partial charge in [-0.25, -0.2) is 13.6 Å². The Kier molecular flexibility index (Phi) is 5.23. The third-order valence-electron chi connectivity index (χ3n) is 2.29. The SMILES string of the molecule is CN(C)C(=O)NCCNC(=O)c1cccc(F)c1F. The van der Waals surface area contributed by atoms with Gasteiger partial charge in [0.05, 0.1) is 5.56 Å². The summed E-state index contributed by atoms with van der Waals surface area (Å²) in [5.74, 6) is -2.98. The van der Waals surface area contributed by atoms with Crippen LogP contribution in [0.4, 0.5) is 13.6 Å². The van der Waals surface area contributed by atoms with Gasteiger partial charge >= 0.3 is 6.03 Å². The van der Waals surface area contributed by atoms with Gasteiger partial charge in [0.25, 0.3) is 5.91 Å². The van der Waals surface area contributed by atoms with E-state index in [1.54, 1.807) is 14.1 Å². The lowest BCUT2D eigenvalue weighted by molar-refractivity contribution is 0.0948. The zero-order valence-electron chi connectivity index (χ0n) is 10.7. The number of carbonyl (C=O) groups excluding carboxylic acids is 2. The topological polar surface area (TPSA) is 61.4 Å². The predicted molar refractivity (Wildman–Crippen MR) is 65.8 cm³/mol. The minimum absolute atomic E-state index is 0.119. The largest absolute Gasteiger partial charge is 0.350 e. The number of rotatable bonds is 4. The number of nitrogens with zero attached hydrogens (tertiary/aromatic N) is 1. The number of benzene rings is 1. The van der Waals surface area contributed by atoms with Crippen LogP contribution in [0.25, 0.3) is 0 Å². The Morgan fingerprint density at radius 1 is 1.16 bits per heavy atom. The highest BCUT2D eigenvalue weighted by Gasteiger charge is 2.14. The van der Waals surface area contributed by atoms with Crippen molar-refractivity contribution in [2.24, 2.45) is 0 Å². The van der Waals surface area contributed by atoms with Crippen molar-refractivity contribution >= 4 is 11.9 Å². The van der Waals surface area contributed by atoms with Gasteiger partial charge in [-0.3, -0.25) is 4.79 Å². The molecule has 1 aromatic carbocycles. The van der Waals surface area contributed by atoms with Crippen LogP contribution < -0.4 is 10.6 Å². The molecule has 0 radical (unpaired) electrons. The average Bonchev–Trinajstić information content (AvgIpc) is 2.37. The van der Waals surface area contributed by atoms with Crippen molar-refractivity contribution in [1.29, 1.82) is 0 Å². The van der Waals surface area contributed by atoms with Gasteiger partial charge in [-0.2, -0.15) is 0 Å². The normalized spacial score (nSPS) is 9.89. The first kappa shape index (κ1) is 14.9. The Hall–Kier alpha value is -2.18. The van der Waals surface area contributed by atoms with Crippen LogP contribution in [-0.2, 0) is 0 Å². The van der Waals surface area contributed by atoms with Gasteiger partial charge in [0.2, 0.25) is 0 Å². The number of halogens is 2. The van der Waals surface area contributed by atoms with Crippen molar-refractivity contribution in [3.05, 3.63) is 35.4 Å². The second-order valence-corrected chi connectivity index (χ2v) is 3.98. The molecule has 1 aromatic rings. The minimum Gasteiger partial charge on any atom is -0.350 e. The van der Waals surface area contributed by atoms with E-state index in [2.05, 4.69) is 10.6 Å². The maximum atomic E-state index is 13.3. The molecular formula is C12H15F2N3O2. The van der Waals surface area contributed by atoms with E-state index in [1.165, 1.54) is 17.0 Å². The Morgan fingerprint density at radius 3 is 2.42 bits per heavy atom. The molecule has 0 aliphatic carbocycles. The van der Waals surface area contributed by atoms with Crippen LogP contribution in [0.3, 0.4) is 0 Å². The summed E-state index contributed by atoms with van der Waals surface area (Å²) in [4.78, 5) is 24.0. The zero-order chi connectivity index (χ0) is 14.4. The number of hydrogen-bond donors (Lipinski definition) is 2. The molecule has 0 aromatic heterocycles. The molecule has 0 bridgehead atoms. The smallest absolute Gasteiger partial charge is 0.316 e. The summed E-state index contributed by atoms with van der Waals surface area (Å²) in [5, 5.41) is 4.90. The average molecular weight is 271 g/mol. The Bertz CT molecular complexity index is 478. The van der Waals surface area contributed by atoms with E-state index >= 15 is 0 Å². The Morgan fingerprint density at radius 2 is 1.79 bits per heavy atom. The first-order valence-corrected chi connectivity index (χ1v) is 5.61. The molecule has 0 heterocycles. The maximum absolute atomic E-state index is 13.3. The quantitative estimate of drug-likeness (QED) is 0.801. The highest BCUT2D eigenvalue weighted by Crippen LogP contribution is 2.10. The van der Waals surface area contributed by atoms with Gasteiger partial charge in [-0.15, -0.1) is 0 Å². The molecular weight excluding hydrogens is 256 g/mol. The van der Waals surface area contributed by atoms with E-state index in [-0.39, 0.29) is 24.7 Å². The second kappa shape index (κ2) is 6.67. The minimum atomic E-state index is -1.18. The van der Waals surface area contributed by atoms with Crippen molar-refractivity contribution in [3.63, 3.8) is 0 Å². The van der Waals surface area contributed by atoms with Gasteiger partial charge in [0.1, 0.15) is 0 Å². The molecule has 1 rings (SSSR count). The van der Waals surface area contributed by atoms with Crippen molar-refractivity contribution in [2.75, 3.05) is 27.2 Å². The van der Waals surface area contributed by atoms with Crippen LogP contribution in [-0.4, -0.2) is 44.0 Å². The first-order chi connectivity index (χ1) is 8.93. The summed E-state index contributed by atoms with van der Waals surface area (Å²) in [6, 6.07) is 3.07. The molecule has 19 heavy (non-hydrogen) atoms. The van der Waals surface area contributed by atoms with E-state index < -0.39 is 17.5 Å². The molecule has 0 fully saturated rings. The van der Waals surface area contributed by atoms with E-state index in [1.807, 2.05) is 0 Å². The summed E-state index contributed by atoms with van der Waals surface area (Å²) in [6.45, 7) is 0.314. The van der Waals surface area contributed by atoms with Gasteiger partial charge in [0, 0.05) is 27.2 Å². The molecule has 0 saturated heterocycles. The van der Waals surface area contributed by atoms with E-state index in [9.17, 15) is 18.4 Å². The molecule has 0 atom stereocenters. The third kappa shape index (κ3) is 4.20. The Labute approximate surface area is 109 Å². The lowest BCUT2D eigenvalue weighted by atomic mass is 10.2. The number of nitrogens with one attached hydrogen (secondary N) is 2. The lowest BCUT2D eigenvalue weighted by Gasteiger charge is -2.12. The standard InChI is InChI=1S/C12H15F2N3O2/c1-17(2)12(19)16-7-6-15-11(18)8-4-3-5-9(13)10(8)14/h3-5H,6-7H2,1-2H3,(H,15,18)(H,16,19). The van der Waals surface area contributed by atoms with Crippen molar-refractivity contribution in [3.8, 4) is 0 Å². The summed E-state index contributed by atoms with van der Waals surface area (Å²) in [5.41, 5.74) is -0.362. The number of urea groups is 1. The van der Waals surface area contributed by atoms with Gasteiger partial charge < -0.3 is 15.5 Å².